The van der Waals surface area contributed by atoms with Crippen LogP contribution in [-0.2, 0) is 17.9 Å². The third kappa shape index (κ3) is 2.26. The Morgan fingerprint density at radius 2 is 1.90 bits per heavy atom. The predicted octanol–water partition coefficient (Wildman–Crippen LogP) is 2.81. The number of rotatable bonds is 4. The van der Waals surface area contributed by atoms with Gasteiger partial charge in [-0.2, -0.15) is 0 Å². The predicted molar refractivity (Wildman–Crippen MR) is 80.4 cm³/mol. The first kappa shape index (κ1) is 12.7. The van der Waals surface area contributed by atoms with E-state index in [1.54, 1.807) is 7.11 Å². The average Bonchev–Trinajstić information content (AvgIpc) is 2.81. The van der Waals surface area contributed by atoms with Crippen molar-refractivity contribution >= 4 is 16.7 Å². The summed E-state index contributed by atoms with van der Waals surface area (Å²) in [7, 11) is 1.68. The molecule has 4 heteroatoms. The molecule has 2 N–H and O–H groups in total. The highest BCUT2D eigenvalue weighted by molar-refractivity contribution is 5.87. The summed E-state index contributed by atoms with van der Waals surface area (Å²) in [4.78, 5) is 4.61. The normalized spacial score (nSPS) is 11.1. The molecule has 0 aliphatic carbocycles. The van der Waals surface area contributed by atoms with Crippen LogP contribution in [0.2, 0.25) is 0 Å². The van der Waals surface area contributed by atoms with Crippen molar-refractivity contribution in [2.24, 2.45) is 0 Å². The molecule has 4 nitrogen and oxygen atoms in total. The molecular weight excluding hydrogens is 250 g/mol. The molecule has 3 rings (SSSR count). The van der Waals surface area contributed by atoms with Crippen LogP contribution < -0.4 is 5.73 Å². The summed E-state index contributed by atoms with van der Waals surface area (Å²) < 4.78 is 7.41. The van der Waals surface area contributed by atoms with Gasteiger partial charge in [-0.05, 0) is 17.7 Å². The zero-order chi connectivity index (χ0) is 13.9. The Labute approximate surface area is 117 Å². The molecule has 0 fully saturated rings. The van der Waals surface area contributed by atoms with Crippen LogP contribution in [0.15, 0.2) is 48.5 Å². The van der Waals surface area contributed by atoms with Gasteiger partial charge in [0.15, 0.2) is 0 Å². The van der Waals surface area contributed by atoms with Crippen LogP contribution >= 0.6 is 0 Å². The summed E-state index contributed by atoms with van der Waals surface area (Å²) >= 11 is 0. The van der Waals surface area contributed by atoms with Gasteiger partial charge >= 0.3 is 0 Å². The second-order valence-electron chi connectivity index (χ2n) is 4.75. The number of hydrogen-bond donors (Lipinski definition) is 1. The molecule has 1 aromatic heterocycles. The maximum atomic E-state index is 6.01. The first-order valence-electron chi connectivity index (χ1n) is 6.56. The molecule has 1 heterocycles. The van der Waals surface area contributed by atoms with Gasteiger partial charge < -0.3 is 15.0 Å². The van der Waals surface area contributed by atoms with Crippen molar-refractivity contribution in [1.82, 2.24) is 9.55 Å². The van der Waals surface area contributed by atoms with Crippen LogP contribution in [0.4, 0.5) is 5.69 Å². The van der Waals surface area contributed by atoms with Crippen molar-refractivity contribution < 1.29 is 4.74 Å². The van der Waals surface area contributed by atoms with Gasteiger partial charge in [-0.1, -0.05) is 36.4 Å². The number of aromatic nitrogens is 2. The molecule has 0 radical (unpaired) electrons. The van der Waals surface area contributed by atoms with Crippen LogP contribution in [0.3, 0.4) is 0 Å². The molecule has 3 aromatic rings. The Bertz CT molecular complexity index is 719. The fourth-order valence-corrected chi connectivity index (χ4v) is 2.40. The topological polar surface area (TPSA) is 53.1 Å². The fraction of sp³-hybridized carbons (Fsp3) is 0.188. The standard InChI is InChI=1S/C16H17N3O/c1-20-11-15-18-16-13(17)8-5-9-14(16)19(15)10-12-6-3-2-4-7-12/h2-9H,10-11,17H2,1H3. The summed E-state index contributed by atoms with van der Waals surface area (Å²) in [6.07, 6.45) is 0. The van der Waals surface area contributed by atoms with Crippen molar-refractivity contribution in [2.45, 2.75) is 13.2 Å². The van der Waals surface area contributed by atoms with Crippen LogP contribution in [0.25, 0.3) is 11.0 Å². The fourth-order valence-electron chi connectivity index (χ4n) is 2.40. The van der Waals surface area contributed by atoms with Crippen molar-refractivity contribution in [1.29, 1.82) is 0 Å². The summed E-state index contributed by atoms with van der Waals surface area (Å²) in [5.74, 6) is 0.893. The highest BCUT2D eigenvalue weighted by Gasteiger charge is 2.12. The van der Waals surface area contributed by atoms with E-state index in [9.17, 15) is 0 Å². The van der Waals surface area contributed by atoms with Gasteiger partial charge in [0.05, 0.1) is 11.2 Å². The Balaban J connectivity index is 2.12. The number of hydrogen-bond acceptors (Lipinski definition) is 3. The Morgan fingerprint density at radius 3 is 2.65 bits per heavy atom. The minimum Gasteiger partial charge on any atom is -0.397 e. The third-order valence-corrected chi connectivity index (χ3v) is 3.35. The van der Waals surface area contributed by atoms with Crippen LogP contribution in [0.5, 0.6) is 0 Å². The molecule has 0 unspecified atom stereocenters. The quantitative estimate of drug-likeness (QED) is 0.739. The first-order chi connectivity index (χ1) is 9.79. The number of anilines is 1. The van der Waals surface area contributed by atoms with Crippen molar-refractivity contribution in [3.63, 3.8) is 0 Å². The Morgan fingerprint density at radius 1 is 1.10 bits per heavy atom. The van der Waals surface area contributed by atoms with E-state index in [0.29, 0.717) is 12.3 Å². The summed E-state index contributed by atoms with van der Waals surface area (Å²) in [5.41, 5.74) is 9.83. The molecule has 0 amide bonds. The molecule has 0 atom stereocenters. The molecule has 2 aromatic carbocycles. The first-order valence-corrected chi connectivity index (χ1v) is 6.56. The summed E-state index contributed by atoms with van der Waals surface area (Å²) in [5, 5.41) is 0. The van der Waals surface area contributed by atoms with Crippen LogP contribution in [0, 0.1) is 0 Å². The lowest BCUT2D eigenvalue weighted by Gasteiger charge is -2.09. The van der Waals surface area contributed by atoms with Gasteiger partial charge in [0.2, 0.25) is 0 Å². The molecule has 0 aliphatic heterocycles. The minimum absolute atomic E-state index is 0.473. The smallest absolute Gasteiger partial charge is 0.136 e. The monoisotopic (exact) mass is 267 g/mol. The van der Waals surface area contributed by atoms with Crippen molar-refractivity contribution in [3.8, 4) is 0 Å². The van der Waals surface area contributed by atoms with E-state index in [1.165, 1.54) is 5.56 Å². The average molecular weight is 267 g/mol. The number of para-hydroxylation sites is 1. The van der Waals surface area contributed by atoms with Crippen molar-refractivity contribution in [2.75, 3.05) is 12.8 Å². The molecule has 20 heavy (non-hydrogen) atoms. The number of fused-ring (bicyclic) bond motifs is 1. The third-order valence-electron chi connectivity index (χ3n) is 3.35. The highest BCUT2D eigenvalue weighted by Crippen LogP contribution is 2.23. The van der Waals surface area contributed by atoms with Gasteiger partial charge in [0.25, 0.3) is 0 Å². The van der Waals surface area contributed by atoms with Gasteiger partial charge in [-0.15, -0.1) is 0 Å². The van der Waals surface area contributed by atoms with Crippen molar-refractivity contribution in [3.05, 3.63) is 59.9 Å². The number of nitrogen functional groups attached to an aromatic ring is 1. The summed E-state index contributed by atoms with van der Waals surface area (Å²) in [6, 6.07) is 16.2. The van der Waals surface area contributed by atoms with Gasteiger partial charge in [-0.3, -0.25) is 0 Å². The van der Waals surface area contributed by atoms with E-state index in [4.69, 9.17) is 10.5 Å². The van der Waals surface area contributed by atoms with E-state index in [0.717, 1.165) is 23.4 Å². The number of imidazole rings is 1. The Hall–Kier alpha value is -2.33. The number of methoxy groups -OCH3 is 1. The zero-order valence-electron chi connectivity index (χ0n) is 11.4. The molecule has 0 aliphatic rings. The van der Waals surface area contributed by atoms with Crippen LogP contribution in [-0.4, -0.2) is 16.7 Å². The minimum atomic E-state index is 0.473. The lowest BCUT2D eigenvalue weighted by Crippen LogP contribution is -2.06. The van der Waals surface area contributed by atoms with E-state index >= 15 is 0 Å². The molecule has 0 saturated carbocycles. The van der Waals surface area contributed by atoms with Gasteiger partial charge in [0, 0.05) is 13.7 Å². The largest absolute Gasteiger partial charge is 0.397 e. The molecular formula is C16H17N3O. The lowest BCUT2D eigenvalue weighted by atomic mass is 10.2. The maximum absolute atomic E-state index is 6.01. The number of nitrogens with two attached hydrogens (primary N) is 1. The molecule has 0 spiro atoms. The van der Waals surface area contributed by atoms with E-state index in [-0.39, 0.29) is 0 Å². The zero-order valence-corrected chi connectivity index (χ0v) is 11.4. The Kier molecular flexibility index (Phi) is 3.39. The number of nitrogens with zero attached hydrogens (tertiary/aromatic N) is 2. The van der Waals surface area contributed by atoms with Gasteiger partial charge in [-0.25, -0.2) is 4.98 Å². The number of ether oxygens (including phenoxy) is 1. The SMILES string of the molecule is COCc1nc2c(N)cccc2n1Cc1ccccc1. The second kappa shape index (κ2) is 5.35. The lowest BCUT2D eigenvalue weighted by molar-refractivity contribution is 0.175. The molecule has 102 valence electrons. The molecule has 0 saturated heterocycles. The van der Waals surface area contributed by atoms with E-state index < -0.39 is 0 Å². The van der Waals surface area contributed by atoms with E-state index in [2.05, 4.69) is 21.7 Å². The van der Waals surface area contributed by atoms with E-state index in [1.807, 2.05) is 36.4 Å². The van der Waals surface area contributed by atoms with Crippen LogP contribution in [0.1, 0.15) is 11.4 Å². The highest BCUT2D eigenvalue weighted by atomic mass is 16.5. The maximum Gasteiger partial charge on any atom is 0.136 e. The summed E-state index contributed by atoms with van der Waals surface area (Å²) in [6.45, 7) is 1.24. The van der Waals surface area contributed by atoms with Gasteiger partial charge in [0.1, 0.15) is 17.9 Å². The molecule has 0 bridgehead atoms. The number of benzene rings is 2. The second-order valence-corrected chi connectivity index (χ2v) is 4.75.